The number of rotatable bonds is 3. The van der Waals surface area contributed by atoms with Crippen LogP contribution in [0.3, 0.4) is 0 Å². The molecule has 1 aliphatic rings. The third-order valence-corrected chi connectivity index (χ3v) is 3.65. The second-order valence-electron chi connectivity index (χ2n) is 5.25. The van der Waals surface area contributed by atoms with E-state index in [1.165, 1.54) is 5.56 Å². The van der Waals surface area contributed by atoms with Gasteiger partial charge in [0.05, 0.1) is 6.61 Å². The smallest absolute Gasteiger partial charge is 0.217 e. The van der Waals surface area contributed by atoms with Crippen LogP contribution in [0, 0.1) is 6.92 Å². The normalized spacial score (nSPS) is 16.5. The quantitative estimate of drug-likeness (QED) is 0.870. The number of aliphatic hydroxyl groups excluding tert-OH is 1. The maximum atomic E-state index is 11.0. The molecular formula is C15H22N2O2. The van der Waals surface area contributed by atoms with Gasteiger partial charge < -0.3 is 15.3 Å². The molecule has 19 heavy (non-hydrogen) atoms. The summed E-state index contributed by atoms with van der Waals surface area (Å²) in [6.07, 6.45) is 1.91. The lowest BCUT2D eigenvalue weighted by molar-refractivity contribution is -0.119. The number of nitrogens with one attached hydrogen (secondary N) is 1. The van der Waals surface area contributed by atoms with Crippen molar-refractivity contribution >= 4 is 11.6 Å². The molecule has 0 radical (unpaired) electrons. The maximum Gasteiger partial charge on any atom is 0.217 e. The van der Waals surface area contributed by atoms with Crippen LogP contribution in [0.2, 0.25) is 0 Å². The van der Waals surface area contributed by atoms with Gasteiger partial charge in [-0.05, 0) is 25.8 Å². The summed E-state index contributed by atoms with van der Waals surface area (Å²) < 4.78 is 0. The standard InChI is InChI=1S/C15H22N2O2/c1-11-3-4-15(13(9-11)10-18)17-7-5-14(6-8-17)16-12(2)19/h3-4,9,14,18H,5-8,10H2,1-2H3,(H,16,19). The highest BCUT2D eigenvalue weighted by Gasteiger charge is 2.21. The molecule has 4 nitrogen and oxygen atoms in total. The summed E-state index contributed by atoms with van der Waals surface area (Å²) in [6.45, 7) is 5.51. The van der Waals surface area contributed by atoms with Crippen LogP contribution >= 0.6 is 0 Å². The van der Waals surface area contributed by atoms with Crippen molar-refractivity contribution in [3.05, 3.63) is 29.3 Å². The van der Waals surface area contributed by atoms with E-state index in [-0.39, 0.29) is 18.6 Å². The van der Waals surface area contributed by atoms with Crippen LogP contribution in [-0.2, 0) is 11.4 Å². The van der Waals surface area contributed by atoms with Crippen LogP contribution < -0.4 is 10.2 Å². The van der Waals surface area contributed by atoms with E-state index in [4.69, 9.17) is 0 Å². The maximum absolute atomic E-state index is 11.0. The molecule has 1 amide bonds. The Kier molecular flexibility index (Phi) is 4.43. The Balaban J connectivity index is 2.03. The molecular weight excluding hydrogens is 240 g/mol. The molecule has 0 aliphatic carbocycles. The first-order valence-corrected chi connectivity index (χ1v) is 6.82. The molecule has 2 N–H and O–H groups in total. The van der Waals surface area contributed by atoms with Crippen molar-refractivity contribution < 1.29 is 9.90 Å². The third kappa shape index (κ3) is 3.47. The number of carbonyl (C=O) groups is 1. The van der Waals surface area contributed by atoms with Gasteiger partial charge >= 0.3 is 0 Å². The van der Waals surface area contributed by atoms with Crippen LogP contribution in [-0.4, -0.2) is 30.1 Å². The number of benzene rings is 1. The van der Waals surface area contributed by atoms with Crippen LogP contribution in [0.1, 0.15) is 30.9 Å². The molecule has 0 spiro atoms. The number of aryl methyl sites for hydroxylation is 1. The van der Waals surface area contributed by atoms with Gasteiger partial charge in [0.15, 0.2) is 0 Å². The van der Waals surface area contributed by atoms with E-state index < -0.39 is 0 Å². The van der Waals surface area contributed by atoms with Crippen molar-refractivity contribution in [3.63, 3.8) is 0 Å². The fourth-order valence-electron chi connectivity index (χ4n) is 2.70. The van der Waals surface area contributed by atoms with Crippen LogP contribution in [0.4, 0.5) is 5.69 Å². The fourth-order valence-corrected chi connectivity index (χ4v) is 2.70. The predicted octanol–water partition coefficient (Wildman–Crippen LogP) is 1.59. The highest BCUT2D eigenvalue weighted by molar-refractivity contribution is 5.73. The molecule has 0 unspecified atom stereocenters. The van der Waals surface area contributed by atoms with Crippen molar-refractivity contribution in [1.82, 2.24) is 5.32 Å². The van der Waals surface area contributed by atoms with Gasteiger partial charge in [0, 0.05) is 37.3 Å². The molecule has 1 heterocycles. The molecule has 0 atom stereocenters. The Labute approximate surface area is 114 Å². The summed E-state index contributed by atoms with van der Waals surface area (Å²) in [4.78, 5) is 13.3. The fraction of sp³-hybridized carbons (Fsp3) is 0.533. The summed E-state index contributed by atoms with van der Waals surface area (Å²) in [5, 5.41) is 12.4. The number of carbonyl (C=O) groups excluding carboxylic acids is 1. The third-order valence-electron chi connectivity index (χ3n) is 3.65. The molecule has 104 valence electrons. The number of hydrogen-bond donors (Lipinski definition) is 2. The second-order valence-corrected chi connectivity index (χ2v) is 5.25. The molecule has 0 saturated carbocycles. The summed E-state index contributed by atoms with van der Waals surface area (Å²) in [7, 11) is 0. The minimum atomic E-state index is 0.0461. The lowest BCUT2D eigenvalue weighted by Gasteiger charge is -2.35. The minimum absolute atomic E-state index is 0.0461. The largest absolute Gasteiger partial charge is 0.392 e. The number of aliphatic hydroxyl groups is 1. The average molecular weight is 262 g/mol. The molecule has 1 fully saturated rings. The lowest BCUT2D eigenvalue weighted by Crippen LogP contribution is -2.44. The first-order valence-electron chi connectivity index (χ1n) is 6.82. The van der Waals surface area contributed by atoms with Crippen molar-refractivity contribution in [2.24, 2.45) is 0 Å². The van der Waals surface area contributed by atoms with Crippen LogP contribution in [0.15, 0.2) is 18.2 Å². The highest BCUT2D eigenvalue weighted by atomic mass is 16.3. The monoisotopic (exact) mass is 262 g/mol. The van der Waals surface area contributed by atoms with E-state index >= 15 is 0 Å². The number of hydrogen-bond acceptors (Lipinski definition) is 3. The zero-order valence-electron chi connectivity index (χ0n) is 11.6. The van der Waals surface area contributed by atoms with Gasteiger partial charge in [-0.2, -0.15) is 0 Å². The van der Waals surface area contributed by atoms with E-state index in [0.29, 0.717) is 0 Å². The van der Waals surface area contributed by atoms with E-state index in [1.807, 2.05) is 13.0 Å². The van der Waals surface area contributed by atoms with Gasteiger partial charge in [0.1, 0.15) is 0 Å². The van der Waals surface area contributed by atoms with Crippen molar-refractivity contribution in [1.29, 1.82) is 0 Å². The lowest BCUT2D eigenvalue weighted by atomic mass is 10.0. The predicted molar refractivity (Wildman–Crippen MR) is 76.2 cm³/mol. The zero-order valence-corrected chi connectivity index (χ0v) is 11.6. The summed E-state index contributed by atoms with van der Waals surface area (Å²) in [5.74, 6) is 0.0461. The molecule has 1 aromatic carbocycles. The van der Waals surface area contributed by atoms with E-state index in [0.717, 1.165) is 37.2 Å². The molecule has 0 aromatic heterocycles. The number of piperidine rings is 1. The Morgan fingerprint density at radius 2 is 2.11 bits per heavy atom. The number of nitrogens with zero attached hydrogens (tertiary/aromatic N) is 1. The van der Waals surface area contributed by atoms with Gasteiger partial charge in [-0.1, -0.05) is 17.7 Å². The van der Waals surface area contributed by atoms with Crippen molar-refractivity contribution in [2.45, 2.75) is 39.3 Å². The van der Waals surface area contributed by atoms with Gasteiger partial charge in [0.25, 0.3) is 0 Å². The van der Waals surface area contributed by atoms with Crippen LogP contribution in [0.5, 0.6) is 0 Å². The van der Waals surface area contributed by atoms with Crippen molar-refractivity contribution in [3.8, 4) is 0 Å². The summed E-state index contributed by atoms with van der Waals surface area (Å²) >= 11 is 0. The van der Waals surface area contributed by atoms with E-state index in [2.05, 4.69) is 22.3 Å². The molecule has 1 aromatic rings. The molecule has 2 rings (SSSR count). The Bertz CT molecular complexity index is 451. The van der Waals surface area contributed by atoms with Gasteiger partial charge in [-0.3, -0.25) is 4.79 Å². The number of amides is 1. The highest BCUT2D eigenvalue weighted by Crippen LogP contribution is 2.25. The average Bonchev–Trinajstić information content (AvgIpc) is 2.39. The molecule has 4 heteroatoms. The SMILES string of the molecule is CC(=O)NC1CCN(c2ccc(C)cc2CO)CC1. The molecule has 1 saturated heterocycles. The van der Waals surface area contributed by atoms with E-state index in [1.54, 1.807) is 6.92 Å². The van der Waals surface area contributed by atoms with Gasteiger partial charge in [0.2, 0.25) is 5.91 Å². The Morgan fingerprint density at radius 1 is 1.42 bits per heavy atom. The minimum Gasteiger partial charge on any atom is -0.392 e. The van der Waals surface area contributed by atoms with Gasteiger partial charge in [-0.15, -0.1) is 0 Å². The first kappa shape index (κ1) is 13.9. The first-order chi connectivity index (χ1) is 9.10. The summed E-state index contributed by atoms with van der Waals surface area (Å²) in [5.41, 5.74) is 3.27. The summed E-state index contributed by atoms with van der Waals surface area (Å²) in [6, 6.07) is 6.49. The molecule has 0 bridgehead atoms. The zero-order chi connectivity index (χ0) is 13.8. The van der Waals surface area contributed by atoms with Crippen molar-refractivity contribution in [2.75, 3.05) is 18.0 Å². The van der Waals surface area contributed by atoms with Gasteiger partial charge in [-0.25, -0.2) is 0 Å². The van der Waals surface area contributed by atoms with E-state index in [9.17, 15) is 9.90 Å². The second kappa shape index (κ2) is 6.06. The Hall–Kier alpha value is -1.55. The van der Waals surface area contributed by atoms with Crippen LogP contribution in [0.25, 0.3) is 0 Å². The number of anilines is 1. The topological polar surface area (TPSA) is 52.6 Å². The molecule has 1 aliphatic heterocycles. The Morgan fingerprint density at radius 3 is 2.68 bits per heavy atom.